The number of amides is 2. The van der Waals surface area contributed by atoms with Crippen LogP contribution in [0, 0.1) is 19.8 Å². The second-order valence-electron chi connectivity index (χ2n) is 10.3. The van der Waals surface area contributed by atoms with Crippen molar-refractivity contribution < 1.29 is 23.8 Å². The summed E-state index contributed by atoms with van der Waals surface area (Å²) in [6.07, 6.45) is 1.59. The number of halogens is 1. The number of rotatable bonds is 8. The Labute approximate surface area is 214 Å². The van der Waals surface area contributed by atoms with Crippen molar-refractivity contribution >= 4 is 22.8 Å². The van der Waals surface area contributed by atoms with E-state index in [1.807, 2.05) is 25.1 Å². The SMILES string of the molecule is Cc1ccc(OCC2CC2)c(-c2ncnc3c(C(=O)NC4CC(NC(=O)[C@H](C)O)CC4F)c(C)[nH]c23)c1. The van der Waals surface area contributed by atoms with Gasteiger partial charge in [-0.05, 0) is 58.1 Å². The molecule has 0 spiro atoms. The monoisotopic (exact) mass is 509 g/mol. The minimum Gasteiger partial charge on any atom is -0.493 e. The largest absolute Gasteiger partial charge is 0.493 e. The minimum atomic E-state index is -1.32. The Bertz CT molecular complexity index is 1340. The number of H-pyrrole nitrogens is 1. The summed E-state index contributed by atoms with van der Waals surface area (Å²) in [6.45, 7) is 5.78. The number of fused-ring (bicyclic) bond motifs is 1. The Morgan fingerprint density at radius 1 is 1.22 bits per heavy atom. The summed E-state index contributed by atoms with van der Waals surface area (Å²) in [4.78, 5) is 37.3. The number of aromatic nitrogens is 3. The van der Waals surface area contributed by atoms with Crippen molar-refractivity contribution in [3.8, 4) is 17.0 Å². The molecule has 196 valence electrons. The number of hydrogen-bond donors (Lipinski definition) is 4. The van der Waals surface area contributed by atoms with Crippen molar-refractivity contribution in [1.82, 2.24) is 25.6 Å². The maximum Gasteiger partial charge on any atom is 0.255 e. The standard InChI is InChI=1S/C27H32FN5O4/c1-13-4-7-21(37-11-16-5-6-16)18(8-13)23-25-24(30-12-29-23)22(14(2)31-25)27(36)33-20-10-17(9-19(20)28)32-26(35)15(3)34/h4,7-8,12,15-17,19-20,31,34H,5-6,9-11H2,1-3H3,(H,32,35)(H,33,36)/t15-,17?,19?,20?/m0/s1. The first kappa shape index (κ1) is 25.1. The second-order valence-corrected chi connectivity index (χ2v) is 10.3. The molecule has 10 heteroatoms. The van der Waals surface area contributed by atoms with Crippen LogP contribution in [0.2, 0.25) is 0 Å². The van der Waals surface area contributed by atoms with E-state index in [1.165, 1.54) is 26.1 Å². The molecule has 2 aromatic heterocycles. The van der Waals surface area contributed by atoms with E-state index in [4.69, 9.17) is 4.74 Å². The van der Waals surface area contributed by atoms with Crippen LogP contribution in [-0.2, 0) is 4.79 Å². The number of carbonyl (C=O) groups excluding carboxylic acids is 2. The summed E-state index contributed by atoms with van der Waals surface area (Å²) in [5.41, 5.74) is 4.48. The predicted octanol–water partition coefficient (Wildman–Crippen LogP) is 3.13. The van der Waals surface area contributed by atoms with E-state index in [1.54, 1.807) is 6.92 Å². The van der Waals surface area contributed by atoms with Crippen LogP contribution in [-0.4, -0.2) is 62.8 Å². The van der Waals surface area contributed by atoms with E-state index in [0.717, 1.165) is 16.9 Å². The lowest BCUT2D eigenvalue weighted by atomic mass is 10.1. The summed E-state index contributed by atoms with van der Waals surface area (Å²) >= 11 is 0. The number of aliphatic hydroxyl groups is 1. The van der Waals surface area contributed by atoms with Gasteiger partial charge >= 0.3 is 0 Å². The van der Waals surface area contributed by atoms with E-state index in [9.17, 15) is 19.1 Å². The molecule has 9 nitrogen and oxygen atoms in total. The average molecular weight is 510 g/mol. The molecule has 0 radical (unpaired) electrons. The van der Waals surface area contributed by atoms with Gasteiger partial charge in [0, 0.05) is 23.7 Å². The minimum absolute atomic E-state index is 0.0690. The van der Waals surface area contributed by atoms with Gasteiger partial charge in [-0.15, -0.1) is 0 Å². The van der Waals surface area contributed by atoms with Gasteiger partial charge in [0.15, 0.2) is 0 Å². The van der Waals surface area contributed by atoms with Gasteiger partial charge in [-0.1, -0.05) is 11.6 Å². The molecule has 3 unspecified atom stereocenters. The van der Waals surface area contributed by atoms with Gasteiger partial charge in [0.05, 0.1) is 23.7 Å². The highest BCUT2D eigenvalue weighted by atomic mass is 19.1. The highest BCUT2D eigenvalue weighted by molar-refractivity contribution is 6.09. The van der Waals surface area contributed by atoms with E-state index >= 15 is 0 Å². The Morgan fingerprint density at radius 2 is 2.00 bits per heavy atom. The molecular formula is C27H32FN5O4. The number of benzene rings is 1. The number of aliphatic hydroxyl groups excluding tert-OH is 1. The van der Waals surface area contributed by atoms with Crippen LogP contribution >= 0.6 is 0 Å². The second kappa shape index (κ2) is 10.1. The summed E-state index contributed by atoms with van der Waals surface area (Å²) in [6, 6.07) is 4.72. The van der Waals surface area contributed by atoms with Crippen molar-refractivity contribution in [2.75, 3.05) is 6.61 Å². The maximum atomic E-state index is 14.7. The third-order valence-electron chi connectivity index (χ3n) is 7.09. The number of nitrogens with zero attached hydrogens (tertiary/aromatic N) is 2. The Hall–Kier alpha value is -3.53. The molecule has 37 heavy (non-hydrogen) atoms. The van der Waals surface area contributed by atoms with E-state index in [2.05, 4.69) is 25.6 Å². The summed E-state index contributed by atoms with van der Waals surface area (Å²) in [7, 11) is 0. The fraction of sp³-hybridized carbons (Fsp3) is 0.481. The van der Waals surface area contributed by atoms with Gasteiger partial charge in [0.1, 0.15) is 35.6 Å². The quantitative estimate of drug-likeness (QED) is 0.369. The highest BCUT2D eigenvalue weighted by Gasteiger charge is 2.37. The highest BCUT2D eigenvalue weighted by Crippen LogP contribution is 2.37. The number of alkyl halides is 1. The van der Waals surface area contributed by atoms with Crippen molar-refractivity contribution in [2.24, 2.45) is 5.92 Å². The zero-order valence-electron chi connectivity index (χ0n) is 21.2. The molecule has 2 heterocycles. The summed E-state index contributed by atoms with van der Waals surface area (Å²) < 4.78 is 20.8. The Balaban J connectivity index is 1.40. The number of hydrogen-bond acceptors (Lipinski definition) is 6. The molecule has 4 atom stereocenters. The lowest BCUT2D eigenvalue weighted by Crippen LogP contribution is -2.41. The summed E-state index contributed by atoms with van der Waals surface area (Å²) in [5.74, 6) is 0.320. The molecule has 0 bridgehead atoms. The first-order valence-corrected chi connectivity index (χ1v) is 12.7. The van der Waals surface area contributed by atoms with E-state index in [0.29, 0.717) is 40.5 Å². The Morgan fingerprint density at radius 3 is 2.73 bits per heavy atom. The van der Waals surface area contributed by atoms with Gasteiger partial charge in [-0.2, -0.15) is 0 Å². The van der Waals surface area contributed by atoms with Crippen LogP contribution < -0.4 is 15.4 Å². The molecule has 1 aromatic carbocycles. The first-order chi connectivity index (χ1) is 17.7. The number of carbonyl (C=O) groups is 2. The van der Waals surface area contributed by atoms with Crippen LogP contribution in [0.3, 0.4) is 0 Å². The van der Waals surface area contributed by atoms with Crippen LogP contribution in [0.25, 0.3) is 22.3 Å². The molecular weight excluding hydrogens is 477 g/mol. The third kappa shape index (κ3) is 5.29. The smallest absolute Gasteiger partial charge is 0.255 e. The summed E-state index contributed by atoms with van der Waals surface area (Å²) in [5, 5.41) is 14.8. The van der Waals surface area contributed by atoms with Crippen LogP contribution in [0.4, 0.5) is 4.39 Å². The lowest BCUT2D eigenvalue weighted by Gasteiger charge is -2.16. The molecule has 2 amide bonds. The molecule has 4 N–H and O–H groups in total. The molecule has 3 aromatic rings. The van der Waals surface area contributed by atoms with Gasteiger partial charge in [0.2, 0.25) is 5.91 Å². The molecule has 5 rings (SSSR count). The van der Waals surface area contributed by atoms with Crippen molar-refractivity contribution in [3.05, 3.63) is 41.3 Å². The number of aromatic amines is 1. The molecule has 0 saturated heterocycles. The van der Waals surface area contributed by atoms with Gasteiger partial charge in [-0.25, -0.2) is 14.4 Å². The van der Waals surface area contributed by atoms with E-state index in [-0.39, 0.29) is 12.8 Å². The van der Waals surface area contributed by atoms with Crippen LogP contribution in [0.15, 0.2) is 24.5 Å². The fourth-order valence-electron chi connectivity index (χ4n) is 4.87. The van der Waals surface area contributed by atoms with E-state index < -0.39 is 36.2 Å². The number of nitrogens with one attached hydrogen (secondary N) is 3. The van der Waals surface area contributed by atoms with Crippen LogP contribution in [0.5, 0.6) is 5.75 Å². The topological polar surface area (TPSA) is 129 Å². The number of aryl methyl sites for hydroxylation is 2. The van der Waals surface area contributed by atoms with Gasteiger partial charge in [0.25, 0.3) is 5.91 Å². The fourth-order valence-corrected chi connectivity index (χ4v) is 4.87. The zero-order valence-corrected chi connectivity index (χ0v) is 21.2. The van der Waals surface area contributed by atoms with Crippen LogP contribution in [0.1, 0.15) is 54.2 Å². The van der Waals surface area contributed by atoms with Crippen molar-refractivity contribution in [3.63, 3.8) is 0 Å². The molecule has 2 aliphatic rings. The Kier molecular flexibility index (Phi) is 6.85. The lowest BCUT2D eigenvalue weighted by molar-refractivity contribution is -0.129. The third-order valence-corrected chi connectivity index (χ3v) is 7.09. The molecule has 2 aliphatic carbocycles. The van der Waals surface area contributed by atoms with Gasteiger partial charge in [-0.3, -0.25) is 9.59 Å². The maximum absolute atomic E-state index is 14.7. The molecule has 0 aliphatic heterocycles. The average Bonchev–Trinajstić information content (AvgIpc) is 3.53. The van der Waals surface area contributed by atoms with Crippen molar-refractivity contribution in [1.29, 1.82) is 0 Å². The molecule has 2 saturated carbocycles. The number of ether oxygens (including phenoxy) is 1. The van der Waals surface area contributed by atoms with Gasteiger partial charge < -0.3 is 25.5 Å². The predicted molar refractivity (Wildman–Crippen MR) is 136 cm³/mol. The molecule has 2 fully saturated rings. The normalized spacial score (nSPS) is 22.1. The van der Waals surface area contributed by atoms with Crippen molar-refractivity contribution in [2.45, 2.75) is 70.8 Å². The first-order valence-electron chi connectivity index (χ1n) is 12.7. The zero-order chi connectivity index (χ0) is 26.3.